The van der Waals surface area contributed by atoms with Crippen molar-refractivity contribution < 1.29 is 17.5 Å². The molecule has 0 saturated heterocycles. The molecule has 0 aliphatic carbocycles. The molecule has 0 bridgehead atoms. The number of hydrogen-bond donors (Lipinski definition) is 3. The molecule has 0 fully saturated rings. The van der Waals surface area contributed by atoms with Crippen LogP contribution >= 0.6 is 24.0 Å². The summed E-state index contributed by atoms with van der Waals surface area (Å²) in [5, 5.41) is 6.24. The second-order valence-electron chi connectivity index (χ2n) is 5.55. The molecule has 0 spiro atoms. The molecule has 1 unspecified atom stereocenters. The second-order valence-corrected chi connectivity index (χ2v) is 7.38. The van der Waals surface area contributed by atoms with Gasteiger partial charge in [-0.1, -0.05) is 0 Å². The monoisotopic (exact) mass is 502 g/mol. The van der Waals surface area contributed by atoms with Crippen molar-refractivity contribution >= 4 is 40.0 Å². The predicted octanol–water partition coefficient (Wildman–Crippen LogP) is 1.71. The van der Waals surface area contributed by atoms with E-state index in [1.165, 1.54) is 12.1 Å². The zero-order chi connectivity index (χ0) is 18.7. The Kier molecular flexibility index (Phi) is 12.5. The number of benzene rings is 1. The molecule has 0 radical (unpaired) electrons. The van der Waals surface area contributed by atoms with Gasteiger partial charge in [0.25, 0.3) is 0 Å². The Balaban J connectivity index is 0.00000625. The third-order valence-electron chi connectivity index (χ3n) is 3.01. The number of rotatable bonds is 10. The number of nitrogens with zero attached hydrogens (tertiary/aromatic N) is 1. The zero-order valence-corrected chi connectivity index (χ0v) is 18.4. The molecule has 1 aromatic rings. The van der Waals surface area contributed by atoms with Crippen molar-refractivity contribution in [1.82, 2.24) is 15.4 Å². The van der Waals surface area contributed by atoms with Crippen molar-refractivity contribution in [2.45, 2.75) is 26.4 Å². The van der Waals surface area contributed by atoms with E-state index in [0.717, 1.165) is 6.26 Å². The minimum absolute atomic E-state index is 0. The number of nitrogens with one attached hydrogen (secondary N) is 3. The molecule has 1 rings (SSSR count). The Labute approximate surface area is 172 Å². The van der Waals surface area contributed by atoms with Crippen LogP contribution in [0.15, 0.2) is 29.3 Å². The van der Waals surface area contributed by atoms with E-state index in [9.17, 15) is 12.8 Å². The highest BCUT2D eigenvalue weighted by Crippen LogP contribution is 2.12. The lowest BCUT2D eigenvalue weighted by molar-refractivity contribution is 0.230. The fraction of sp³-hybridized carbons (Fsp3) is 0.562. The van der Waals surface area contributed by atoms with Crippen LogP contribution in [0, 0.1) is 5.82 Å². The molecule has 3 N–H and O–H groups in total. The van der Waals surface area contributed by atoms with Crippen LogP contribution in [0.25, 0.3) is 0 Å². The highest BCUT2D eigenvalue weighted by atomic mass is 127. The zero-order valence-electron chi connectivity index (χ0n) is 15.3. The topological polar surface area (TPSA) is 91.8 Å². The van der Waals surface area contributed by atoms with E-state index in [-0.39, 0.29) is 35.9 Å². The molecule has 0 aromatic heterocycles. The molecular formula is C16H28FIN4O3S. The molecule has 7 nitrogen and oxygen atoms in total. The Morgan fingerprint density at radius 1 is 1.23 bits per heavy atom. The minimum Gasteiger partial charge on any atom is -0.489 e. The van der Waals surface area contributed by atoms with Crippen molar-refractivity contribution in [1.29, 1.82) is 0 Å². The SMILES string of the molecule is CCNC(=NCC(C)Oc1ccc(F)cc1)NCCCNS(C)(=O)=O.I. The number of halogens is 2. The van der Waals surface area contributed by atoms with Crippen LogP contribution in [0.4, 0.5) is 4.39 Å². The van der Waals surface area contributed by atoms with Crippen molar-refractivity contribution in [3.63, 3.8) is 0 Å². The highest BCUT2D eigenvalue weighted by Gasteiger charge is 2.05. The van der Waals surface area contributed by atoms with Crippen LogP contribution in [0.1, 0.15) is 20.3 Å². The standard InChI is InChI=1S/C16H27FN4O3S.HI/c1-4-18-16(19-10-5-11-21-25(3,22)23)20-12-13(2)24-15-8-6-14(17)7-9-15;/h6-9,13,21H,4-5,10-12H2,1-3H3,(H2,18,19,20);1H. The highest BCUT2D eigenvalue weighted by molar-refractivity contribution is 14.0. The van der Waals surface area contributed by atoms with Crippen LogP contribution in [0.3, 0.4) is 0 Å². The fourth-order valence-corrected chi connectivity index (χ4v) is 2.41. The largest absolute Gasteiger partial charge is 0.489 e. The van der Waals surface area contributed by atoms with E-state index in [0.29, 0.717) is 44.3 Å². The molecule has 0 aliphatic heterocycles. The number of ether oxygens (including phenoxy) is 1. The molecule has 26 heavy (non-hydrogen) atoms. The van der Waals surface area contributed by atoms with E-state index >= 15 is 0 Å². The van der Waals surface area contributed by atoms with Gasteiger partial charge in [-0.25, -0.2) is 22.5 Å². The van der Waals surface area contributed by atoms with E-state index < -0.39 is 10.0 Å². The first-order valence-electron chi connectivity index (χ1n) is 8.19. The molecule has 10 heteroatoms. The van der Waals surface area contributed by atoms with Gasteiger partial charge >= 0.3 is 0 Å². The molecule has 1 aromatic carbocycles. The van der Waals surface area contributed by atoms with Crippen molar-refractivity contribution in [3.8, 4) is 5.75 Å². The van der Waals surface area contributed by atoms with Gasteiger partial charge in [-0.3, -0.25) is 0 Å². The van der Waals surface area contributed by atoms with Gasteiger partial charge in [-0.2, -0.15) is 0 Å². The van der Waals surface area contributed by atoms with Crippen LogP contribution in [-0.4, -0.2) is 52.9 Å². The lowest BCUT2D eigenvalue weighted by atomic mass is 10.3. The van der Waals surface area contributed by atoms with Crippen molar-refractivity contribution in [2.24, 2.45) is 4.99 Å². The summed E-state index contributed by atoms with van der Waals surface area (Å²) in [5.41, 5.74) is 0. The van der Waals surface area contributed by atoms with Crippen LogP contribution < -0.4 is 20.1 Å². The summed E-state index contributed by atoms with van der Waals surface area (Å²) in [6.45, 7) is 5.93. The lowest BCUT2D eigenvalue weighted by Gasteiger charge is -2.15. The maximum absolute atomic E-state index is 12.9. The average Bonchev–Trinajstić information content (AvgIpc) is 2.53. The molecular weight excluding hydrogens is 474 g/mol. The van der Waals surface area contributed by atoms with E-state index in [1.807, 2.05) is 13.8 Å². The second kappa shape index (κ2) is 13.1. The first kappa shape index (κ1) is 24.9. The molecule has 1 atom stereocenters. The Hall–Kier alpha value is -1.14. The Morgan fingerprint density at radius 2 is 1.88 bits per heavy atom. The summed E-state index contributed by atoms with van der Waals surface area (Å²) in [5.74, 6) is 0.923. The fourth-order valence-electron chi connectivity index (χ4n) is 1.90. The van der Waals surface area contributed by atoms with Gasteiger partial charge in [0.05, 0.1) is 12.8 Å². The van der Waals surface area contributed by atoms with Gasteiger partial charge in [0.1, 0.15) is 17.7 Å². The van der Waals surface area contributed by atoms with Crippen LogP contribution in [-0.2, 0) is 10.0 Å². The number of sulfonamides is 1. The Bertz CT molecular complexity index is 641. The summed E-state index contributed by atoms with van der Waals surface area (Å²) in [7, 11) is -3.15. The van der Waals surface area contributed by atoms with E-state index in [4.69, 9.17) is 4.74 Å². The normalized spacial score (nSPS) is 12.8. The van der Waals surface area contributed by atoms with E-state index in [2.05, 4.69) is 20.3 Å². The maximum Gasteiger partial charge on any atom is 0.208 e. The maximum atomic E-state index is 12.9. The summed E-state index contributed by atoms with van der Waals surface area (Å²) < 4.78 is 42.9. The molecule has 0 heterocycles. The quantitative estimate of drug-likeness (QED) is 0.196. The summed E-state index contributed by atoms with van der Waals surface area (Å²) in [6, 6.07) is 5.85. The third kappa shape index (κ3) is 12.3. The van der Waals surface area contributed by atoms with Crippen molar-refractivity contribution in [3.05, 3.63) is 30.1 Å². The third-order valence-corrected chi connectivity index (χ3v) is 3.74. The van der Waals surface area contributed by atoms with Gasteiger partial charge in [-0.05, 0) is 44.5 Å². The lowest BCUT2D eigenvalue weighted by Crippen LogP contribution is -2.39. The summed E-state index contributed by atoms with van der Waals surface area (Å²) in [6.07, 6.45) is 1.60. The molecule has 0 saturated carbocycles. The number of guanidine groups is 1. The van der Waals surface area contributed by atoms with Crippen LogP contribution in [0.2, 0.25) is 0 Å². The van der Waals surface area contributed by atoms with Gasteiger partial charge in [0.15, 0.2) is 5.96 Å². The molecule has 0 amide bonds. The average molecular weight is 502 g/mol. The van der Waals surface area contributed by atoms with Gasteiger partial charge in [0.2, 0.25) is 10.0 Å². The first-order valence-corrected chi connectivity index (χ1v) is 10.1. The summed E-state index contributed by atoms with van der Waals surface area (Å²) in [4.78, 5) is 4.43. The smallest absolute Gasteiger partial charge is 0.208 e. The Morgan fingerprint density at radius 3 is 2.46 bits per heavy atom. The minimum atomic E-state index is -3.15. The van der Waals surface area contributed by atoms with Gasteiger partial charge < -0.3 is 15.4 Å². The predicted molar refractivity (Wildman–Crippen MR) is 113 cm³/mol. The number of aliphatic imine (C=N–C) groups is 1. The van der Waals surface area contributed by atoms with Gasteiger partial charge in [0, 0.05) is 19.6 Å². The van der Waals surface area contributed by atoms with E-state index in [1.54, 1.807) is 12.1 Å². The molecule has 0 aliphatic rings. The van der Waals surface area contributed by atoms with Crippen molar-refractivity contribution in [2.75, 3.05) is 32.4 Å². The van der Waals surface area contributed by atoms with Gasteiger partial charge in [-0.15, -0.1) is 24.0 Å². The first-order chi connectivity index (χ1) is 11.8. The van der Waals surface area contributed by atoms with Crippen LogP contribution in [0.5, 0.6) is 5.75 Å². The summed E-state index contributed by atoms with van der Waals surface area (Å²) >= 11 is 0. The molecule has 150 valence electrons. The number of hydrogen-bond acceptors (Lipinski definition) is 4.